The molecule has 1 saturated heterocycles. The minimum absolute atomic E-state index is 0.110. The zero-order valence-corrected chi connectivity index (χ0v) is 15.5. The van der Waals surface area contributed by atoms with Gasteiger partial charge in [0.25, 0.3) is 0 Å². The van der Waals surface area contributed by atoms with Crippen molar-refractivity contribution in [3.8, 4) is 0 Å². The van der Waals surface area contributed by atoms with E-state index in [1.807, 2.05) is 10.7 Å². The largest absolute Gasteiger partial charge is 0.350 e. The highest BCUT2D eigenvalue weighted by molar-refractivity contribution is 7.88. The number of hydrogen-bond donors (Lipinski definition) is 1. The van der Waals surface area contributed by atoms with Gasteiger partial charge in [-0.1, -0.05) is 13.3 Å². The second kappa shape index (κ2) is 5.91. The number of piperidine rings is 1. The van der Waals surface area contributed by atoms with Crippen molar-refractivity contribution in [2.24, 2.45) is 0 Å². The summed E-state index contributed by atoms with van der Waals surface area (Å²) in [7, 11) is -3.10. The van der Waals surface area contributed by atoms with Gasteiger partial charge in [-0.25, -0.2) is 27.2 Å². The number of anilines is 1. The van der Waals surface area contributed by atoms with E-state index in [4.69, 9.17) is 0 Å². The van der Waals surface area contributed by atoms with E-state index in [9.17, 15) is 8.42 Å². The average Bonchev–Trinajstić information content (AvgIpc) is 2.96. The van der Waals surface area contributed by atoms with Crippen LogP contribution in [0.3, 0.4) is 0 Å². The SMILES string of the molecule is CC1(c2ncc3cnc(NC4CCN(S(C)(=O)=O)CC4)nn23)CCC1. The quantitative estimate of drug-likeness (QED) is 0.882. The Hall–Kier alpha value is -1.74. The molecule has 0 spiro atoms. The minimum Gasteiger partial charge on any atom is -0.350 e. The summed E-state index contributed by atoms with van der Waals surface area (Å²) in [6.45, 7) is 3.31. The van der Waals surface area contributed by atoms with Crippen LogP contribution in [0, 0.1) is 0 Å². The molecule has 0 amide bonds. The summed E-state index contributed by atoms with van der Waals surface area (Å²) in [6.07, 6.45) is 9.91. The van der Waals surface area contributed by atoms with Gasteiger partial charge in [0.05, 0.1) is 18.6 Å². The Morgan fingerprint density at radius 2 is 1.88 bits per heavy atom. The normalized spacial score (nSPS) is 22.0. The second-order valence-electron chi connectivity index (χ2n) is 7.50. The van der Waals surface area contributed by atoms with Gasteiger partial charge < -0.3 is 5.32 Å². The summed E-state index contributed by atoms with van der Waals surface area (Å²) >= 11 is 0. The third-order valence-electron chi connectivity index (χ3n) is 5.53. The third kappa shape index (κ3) is 3.10. The number of fused-ring (bicyclic) bond motifs is 1. The van der Waals surface area contributed by atoms with Crippen LogP contribution in [0.15, 0.2) is 12.4 Å². The molecule has 1 aliphatic heterocycles. The summed E-state index contributed by atoms with van der Waals surface area (Å²) in [5.41, 5.74) is 1.01. The van der Waals surface area contributed by atoms with Crippen LogP contribution in [0.1, 0.15) is 44.9 Å². The van der Waals surface area contributed by atoms with E-state index in [0.29, 0.717) is 19.0 Å². The van der Waals surface area contributed by atoms with E-state index in [1.165, 1.54) is 17.0 Å². The van der Waals surface area contributed by atoms with Crippen LogP contribution in [0.5, 0.6) is 0 Å². The highest BCUT2D eigenvalue weighted by Gasteiger charge is 2.37. The van der Waals surface area contributed by atoms with Gasteiger partial charge in [-0.2, -0.15) is 0 Å². The fourth-order valence-corrected chi connectivity index (χ4v) is 4.60. The molecule has 0 aromatic carbocycles. The Labute approximate surface area is 147 Å². The molecule has 3 heterocycles. The molecule has 2 aromatic rings. The van der Waals surface area contributed by atoms with Crippen LogP contribution in [0.2, 0.25) is 0 Å². The van der Waals surface area contributed by atoms with Crippen molar-refractivity contribution in [1.82, 2.24) is 23.9 Å². The van der Waals surface area contributed by atoms with Crippen LogP contribution in [-0.2, 0) is 15.4 Å². The van der Waals surface area contributed by atoms with Gasteiger partial charge in [-0.15, -0.1) is 5.10 Å². The predicted molar refractivity (Wildman–Crippen MR) is 95.0 cm³/mol. The van der Waals surface area contributed by atoms with Gasteiger partial charge in [0.2, 0.25) is 16.0 Å². The second-order valence-corrected chi connectivity index (χ2v) is 9.48. The van der Waals surface area contributed by atoms with E-state index < -0.39 is 10.0 Å². The van der Waals surface area contributed by atoms with Crippen molar-refractivity contribution in [3.05, 3.63) is 18.2 Å². The molecule has 4 rings (SSSR count). The van der Waals surface area contributed by atoms with Gasteiger partial charge in [-0.3, -0.25) is 0 Å². The number of nitrogens with zero attached hydrogens (tertiary/aromatic N) is 5. The first kappa shape index (κ1) is 16.7. The summed E-state index contributed by atoms with van der Waals surface area (Å²) in [4.78, 5) is 8.97. The number of sulfonamides is 1. The fraction of sp³-hybridized carbons (Fsp3) is 0.688. The van der Waals surface area contributed by atoms with Crippen molar-refractivity contribution in [2.45, 2.75) is 50.5 Å². The molecule has 0 bridgehead atoms. The van der Waals surface area contributed by atoms with Crippen molar-refractivity contribution in [2.75, 3.05) is 24.7 Å². The Balaban J connectivity index is 1.50. The predicted octanol–water partition coefficient (Wildman–Crippen LogP) is 1.40. The maximum absolute atomic E-state index is 11.6. The molecule has 1 N–H and O–H groups in total. The molecule has 2 fully saturated rings. The Morgan fingerprint density at radius 3 is 2.48 bits per heavy atom. The molecule has 0 atom stereocenters. The Kier molecular flexibility index (Phi) is 3.95. The molecule has 0 unspecified atom stereocenters. The van der Waals surface area contributed by atoms with Crippen LogP contribution in [0.25, 0.3) is 5.52 Å². The fourth-order valence-electron chi connectivity index (χ4n) is 3.72. The van der Waals surface area contributed by atoms with E-state index >= 15 is 0 Å². The van der Waals surface area contributed by atoms with Crippen molar-refractivity contribution in [1.29, 1.82) is 0 Å². The van der Waals surface area contributed by atoms with Gasteiger partial charge in [0, 0.05) is 24.5 Å². The lowest BCUT2D eigenvalue weighted by atomic mass is 9.70. The minimum atomic E-state index is -3.10. The van der Waals surface area contributed by atoms with Crippen LogP contribution in [-0.4, -0.2) is 57.7 Å². The molecule has 2 aliphatic rings. The molecule has 25 heavy (non-hydrogen) atoms. The molecule has 8 nitrogen and oxygen atoms in total. The van der Waals surface area contributed by atoms with Crippen molar-refractivity contribution >= 4 is 21.5 Å². The van der Waals surface area contributed by atoms with Crippen LogP contribution >= 0.6 is 0 Å². The van der Waals surface area contributed by atoms with Gasteiger partial charge in [0.15, 0.2) is 0 Å². The monoisotopic (exact) mass is 364 g/mol. The molecule has 2 aromatic heterocycles. The lowest BCUT2D eigenvalue weighted by Gasteiger charge is -2.36. The topological polar surface area (TPSA) is 92.5 Å². The highest BCUT2D eigenvalue weighted by Crippen LogP contribution is 2.42. The highest BCUT2D eigenvalue weighted by atomic mass is 32.2. The number of rotatable bonds is 4. The summed E-state index contributed by atoms with van der Waals surface area (Å²) in [6, 6.07) is 0.182. The number of aromatic nitrogens is 4. The van der Waals surface area contributed by atoms with E-state index in [2.05, 4.69) is 27.3 Å². The summed E-state index contributed by atoms with van der Waals surface area (Å²) in [5.74, 6) is 1.58. The van der Waals surface area contributed by atoms with E-state index in [1.54, 1.807) is 6.20 Å². The molecule has 136 valence electrons. The maximum atomic E-state index is 11.6. The number of hydrogen-bond acceptors (Lipinski definition) is 6. The van der Waals surface area contributed by atoms with Gasteiger partial charge >= 0.3 is 0 Å². The van der Waals surface area contributed by atoms with Crippen molar-refractivity contribution < 1.29 is 8.42 Å². The third-order valence-corrected chi connectivity index (χ3v) is 6.83. The lowest BCUT2D eigenvalue weighted by Crippen LogP contribution is -2.42. The van der Waals surface area contributed by atoms with E-state index in [0.717, 1.165) is 37.0 Å². The first-order chi connectivity index (χ1) is 11.9. The Morgan fingerprint density at radius 1 is 1.20 bits per heavy atom. The first-order valence-corrected chi connectivity index (χ1v) is 10.6. The van der Waals surface area contributed by atoms with Crippen molar-refractivity contribution in [3.63, 3.8) is 0 Å². The molecule has 1 aliphatic carbocycles. The summed E-state index contributed by atoms with van der Waals surface area (Å²) in [5, 5.41) is 8.00. The number of nitrogens with one attached hydrogen (secondary N) is 1. The van der Waals surface area contributed by atoms with E-state index in [-0.39, 0.29) is 11.5 Å². The first-order valence-electron chi connectivity index (χ1n) is 8.78. The molecular weight excluding hydrogens is 340 g/mol. The van der Waals surface area contributed by atoms with Crippen LogP contribution in [0.4, 0.5) is 5.95 Å². The van der Waals surface area contributed by atoms with Crippen LogP contribution < -0.4 is 5.32 Å². The molecule has 1 saturated carbocycles. The zero-order valence-electron chi connectivity index (χ0n) is 14.6. The smallest absolute Gasteiger partial charge is 0.241 e. The standard InChI is InChI=1S/C16H24N6O2S/c1-16(6-3-7-16)14-17-10-13-11-18-15(20-22(13)14)19-12-4-8-21(9-5-12)25(2,23)24/h10-12H,3-9H2,1-2H3,(H,19,20). The Bertz CT molecular complexity index is 881. The summed E-state index contributed by atoms with van der Waals surface area (Å²) < 4.78 is 26.6. The maximum Gasteiger partial charge on any atom is 0.241 e. The van der Waals surface area contributed by atoms with Gasteiger partial charge in [-0.05, 0) is 25.7 Å². The lowest BCUT2D eigenvalue weighted by molar-refractivity contribution is 0.252. The molecule has 9 heteroatoms. The van der Waals surface area contributed by atoms with Gasteiger partial charge in [0.1, 0.15) is 11.3 Å². The molecule has 0 radical (unpaired) electrons. The molecular formula is C16H24N6O2S. The zero-order chi connectivity index (χ0) is 17.7. The number of imidazole rings is 1. The average molecular weight is 364 g/mol.